The van der Waals surface area contributed by atoms with Crippen LogP contribution in [-0.2, 0) is 17.6 Å². The molecule has 0 amide bonds. The number of allylic oxidation sites excluding steroid dienone is 1. The van der Waals surface area contributed by atoms with Crippen LogP contribution in [0.4, 0.5) is 0 Å². The van der Waals surface area contributed by atoms with Crippen molar-refractivity contribution in [2.24, 2.45) is 0 Å². The number of fused-ring (bicyclic) bond motifs is 2. The molecule has 0 aliphatic heterocycles. The van der Waals surface area contributed by atoms with Crippen LogP contribution in [0.2, 0.25) is 0 Å². The largest absolute Gasteiger partial charge is 0.492 e. The molecule has 0 saturated carbocycles. The number of aryl methyl sites for hydroxylation is 4. The quantitative estimate of drug-likeness (QED) is 0.0380. The fraction of sp³-hybridized carbons (Fsp3) is 0.592. The van der Waals surface area contributed by atoms with Crippen LogP contribution in [0.15, 0.2) is 36.4 Å². The Morgan fingerprint density at radius 1 is 0.481 bits per heavy atom. The molecule has 0 fully saturated rings. The van der Waals surface area contributed by atoms with Gasteiger partial charge < -0.3 is 4.74 Å². The van der Waals surface area contributed by atoms with Crippen molar-refractivity contribution in [3.8, 4) is 9.75 Å². The highest BCUT2D eigenvalue weighted by Crippen LogP contribution is 2.47. The summed E-state index contributed by atoms with van der Waals surface area (Å²) in [6.07, 6.45) is 30.2. The van der Waals surface area contributed by atoms with Gasteiger partial charge in [0, 0.05) is 39.4 Å². The second-order valence-corrected chi connectivity index (χ2v) is 20.4. The number of hydrogen-bond donors (Lipinski definition) is 0. The molecule has 5 aromatic rings. The Morgan fingerprint density at radius 2 is 0.981 bits per heavy atom. The topological polar surface area (TPSA) is 9.23 Å². The van der Waals surface area contributed by atoms with Crippen molar-refractivity contribution in [2.45, 2.75) is 183 Å². The first kappa shape index (κ1) is 43.2. The maximum absolute atomic E-state index is 6.27. The summed E-state index contributed by atoms with van der Waals surface area (Å²) >= 11 is 7.89. The van der Waals surface area contributed by atoms with Gasteiger partial charge in [-0.2, -0.15) is 0 Å². The van der Waals surface area contributed by atoms with Crippen molar-refractivity contribution in [2.75, 3.05) is 6.61 Å². The van der Waals surface area contributed by atoms with Gasteiger partial charge in [0.05, 0.1) is 11.5 Å². The van der Waals surface area contributed by atoms with E-state index in [9.17, 15) is 0 Å². The molecule has 0 aliphatic rings. The minimum absolute atomic E-state index is 0.679. The van der Waals surface area contributed by atoms with E-state index in [4.69, 9.17) is 4.74 Å². The van der Waals surface area contributed by atoms with Gasteiger partial charge in [-0.3, -0.25) is 0 Å². The number of unbranched alkanes of at least 4 members (excludes halogenated alkanes) is 18. The molecule has 0 unspecified atom stereocenters. The SMILES string of the molecule is CCCCCCCCCCCCc1c2cc(-c3ccc(/C(C)=C(\OCC)c4ccc(C)s4)s3)sc2c(CCCCCCCCCCCC)c2cc(C)sc12. The van der Waals surface area contributed by atoms with Crippen molar-refractivity contribution in [3.05, 3.63) is 67.0 Å². The molecule has 0 N–H and O–H groups in total. The van der Waals surface area contributed by atoms with E-state index in [0.29, 0.717) is 6.61 Å². The van der Waals surface area contributed by atoms with Crippen LogP contribution in [0.25, 0.3) is 41.3 Å². The molecule has 54 heavy (non-hydrogen) atoms. The summed E-state index contributed by atoms with van der Waals surface area (Å²) in [5, 5.41) is 3.11. The normalized spacial score (nSPS) is 12.4. The minimum atomic E-state index is 0.679. The summed E-state index contributed by atoms with van der Waals surface area (Å²) in [4.78, 5) is 8.15. The van der Waals surface area contributed by atoms with Gasteiger partial charge in [0.2, 0.25) is 0 Å². The van der Waals surface area contributed by atoms with E-state index in [1.807, 2.05) is 22.7 Å². The summed E-state index contributed by atoms with van der Waals surface area (Å²) in [5.74, 6) is 1.04. The summed E-state index contributed by atoms with van der Waals surface area (Å²) in [7, 11) is 0. The minimum Gasteiger partial charge on any atom is -0.492 e. The van der Waals surface area contributed by atoms with Crippen molar-refractivity contribution < 1.29 is 4.74 Å². The summed E-state index contributed by atoms with van der Waals surface area (Å²) in [6.45, 7) is 14.1. The summed E-state index contributed by atoms with van der Waals surface area (Å²) in [5.41, 5.74) is 4.51. The van der Waals surface area contributed by atoms with Gasteiger partial charge >= 0.3 is 0 Å². The molecule has 0 saturated heterocycles. The third-order valence-corrected chi connectivity index (χ3v) is 15.9. The van der Waals surface area contributed by atoms with E-state index in [1.54, 1.807) is 31.3 Å². The highest BCUT2D eigenvalue weighted by Gasteiger charge is 2.21. The van der Waals surface area contributed by atoms with Crippen LogP contribution in [0.1, 0.15) is 187 Å². The fourth-order valence-electron chi connectivity index (χ4n) is 8.09. The molecule has 1 aromatic carbocycles. The molecule has 1 nitrogen and oxygen atoms in total. The van der Waals surface area contributed by atoms with Crippen molar-refractivity contribution in [1.29, 1.82) is 0 Å². The van der Waals surface area contributed by atoms with E-state index in [0.717, 1.165) is 5.76 Å². The summed E-state index contributed by atoms with van der Waals surface area (Å²) < 4.78 is 9.43. The Kier molecular flexibility index (Phi) is 18.7. The predicted molar refractivity (Wildman–Crippen MR) is 250 cm³/mol. The molecule has 4 aromatic heterocycles. The Balaban J connectivity index is 1.37. The first-order chi connectivity index (χ1) is 26.4. The van der Waals surface area contributed by atoms with E-state index in [1.165, 1.54) is 176 Å². The smallest absolute Gasteiger partial charge is 0.140 e. The second kappa shape index (κ2) is 23.3. The average Bonchev–Trinajstić information content (AvgIpc) is 3.99. The van der Waals surface area contributed by atoms with Crippen LogP contribution in [-0.4, -0.2) is 6.61 Å². The Bertz CT molecular complexity index is 1780. The monoisotopic (exact) mass is 802 g/mol. The maximum atomic E-state index is 6.27. The van der Waals surface area contributed by atoms with Crippen molar-refractivity contribution in [1.82, 2.24) is 0 Å². The Morgan fingerprint density at radius 3 is 1.50 bits per heavy atom. The molecular weight excluding hydrogens is 733 g/mol. The third kappa shape index (κ3) is 12.3. The number of ether oxygens (including phenoxy) is 1. The summed E-state index contributed by atoms with van der Waals surface area (Å²) in [6, 6.07) is 14.2. The van der Waals surface area contributed by atoms with Crippen LogP contribution >= 0.6 is 45.3 Å². The highest BCUT2D eigenvalue weighted by molar-refractivity contribution is 7.27. The maximum Gasteiger partial charge on any atom is 0.140 e. The number of thiophene rings is 4. The lowest BCUT2D eigenvalue weighted by Crippen LogP contribution is -1.93. The van der Waals surface area contributed by atoms with Gasteiger partial charge in [-0.05, 0) is 112 Å². The standard InChI is InChI=1S/C49H70OS4/c1-7-10-12-14-16-18-20-22-24-26-28-39-41-34-37(5)52-48(41)40(29-27-25-23-21-19-17-15-13-11-8-2)42-35-46(54-49(39)42)44-33-32-43(53-44)38(6)47(50-9-3)45-31-30-36(4)51-45/h30-35H,7-29H2,1-6H3/b47-38-. The van der Waals surface area contributed by atoms with Gasteiger partial charge in [-0.15, -0.1) is 45.3 Å². The second-order valence-electron chi connectivity index (χ2n) is 15.7. The molecule has 0 spiro atoms. The predicted octanol–water partition coefficient (Wildman–Crippen LogP) is 18.4. The molecular formula is C49H70OS4. The lowest BCUT2D eigenvalue weighted by Gasteiger charge is -2.12. The zero-order valence-corrected chi connectivity index (χ0v) is 38.0. The van der Waals surface area contributed by atoms with Crippen LogP contribution in [0, 0.1) is 13.8 Å². The van der Waals surface area contributed by atoms with Crippen molar-refractivity contribution >= 4 is 76.9 Å². The van der Waals surface area contributed by atoms with Gasteiger partial charge in [0.1, 0.15) is 5.76 Å². The zero-order valence-electron chi connectivity index (χ0n) is 34.8. The van der Waals surface area contributed by atoms with E-state index in [-0.39, 0.29) is 0 Å². The molecule has 0 radical (unpaired) electrons. The molecule has 4 heterocycles. The number of benzene rings is 1. The Labute approximate surface area is 345 Å². The van der Waals surface area contributed by atoms with E-state index >= 15 is 0 Å². The average molecular weight is 803 g/mol. The first-order valence-electron chi connectivity index (χ1n) is 21.9. The molecule has 5 heteroatoms. The first-order valence-corrected chi connectivity index (χ1v) is 25.2. The molecule has 0 aliphatic carbocycles. The van der Waals surface area contributed by atoms with Crippen molar-refractivity contribution in [3.63, 3.8) is 0 Å². The third-order valence-electron chi connectivity index (χ3n) is 11.2. The van der Waals surface area contributed by atoms with Gasteiger partial charge in [-0.25, -0.2) is 0 Å². The molecule has 0 bridgehead atoms. The lowest BCUT2D eigenvalue weighted by atomic mass is 9.94. The molecule has 296 valence electrons. The Hall–Kier alpha value is -1.92. The van der Waals surface area contributed by atoms with Gasteiger partial charge in [0.25, 0.3) is 0 Å². The van der Waals surface area contributed by atoms with Crippen LogP contribution < -0.4 is 0 Å². The van der Waals surface area contributed by atoms with E-state index < -0.39 is 0 Å². The fourth-order valence-corrected chi connectivity index (χ4v) is 12.5. The number of hydrogen-bond acceptors (Lipinski definition) is 5. The lowest BCUT2D eigenvalue weighted by molar-refractivity contribution is 0.300. The zero-order chi connectivity index (χ0) is 38.1. The van der Waals surface area contributed by atoms with Crippen LogP contribution in [0.3, 0.4) is 0 Å². The van der Waals surface area contributed by atoms with Crippen LogP contribution in [0.5, 0.6) is 0 Å². The highest BCUT2D eigenvalue weighted by atomic mass is 32.1. The van der Waals surface area contributed by atoms with Gasteiger partial charge in [-0.1, -0.05) is 129 Å². The van der Waals surface area contributed by atoms with E-state index in [2.05, 4.69) is 101 Å². The molecule has 5 rings (SSSR count). The molecule has 0 atom stereocenters. The van der Waals surface area contributed by atoms with Gasteiger partial charge in [0.15, 0.2) is 0 Å². The number of rotatable bonds is 27.